The average Bonchev–Trinajstić information content (AvgIpc) is 2.93. The molecule has 4 heteroatoms. The number of allylic oxidation sites excluding steroid dienone is 1. The SMILES string of the molecule is CCC(=O)[C@@H](C)CCC/C=C\C[C@H](O)/C=C/c1csc(C)n1. The molecule has 1 rings (SSSR count). The minimum Gasteiger partial charge on any atom is -0.389 e. The number of carbonyl (C=O) groups is 1. The highest BCUT2D eigenvalue weighted by molar-refractivity contribution is 7.09. The summed E-state index contributed by atoms with van der Waals surface area (Å²) in [4.78, 5) is 15.8. The van der Waals surface area contributed by atoms with E-state index >= 15 is 0 Å². The van der Waals surface area contributed by atoms with Gasteiger partial charge < -0.3 is 5.11 Å². The van der Waals surface area contributed by atoms with Gasteiger partial charge in [-0.25, -0.2) is 4.98 Å². The molecule has 1 aromatic heterocycles. The summed E-state index contributed by atoms with van der Waals surface area (Å²) in [5.74, 6) is 0.523. The molecular formula is C18H27NO2S. The van der Waals surface area contributed by atoms with Crippen LogP contribution in [0.3, 0.4) is 0 Å². The summed E-state index contributed by atoms with van der Waals surface area (Å²) >= 11 is 1.61. The van der Waals surface area contributed by atoms with E-state index in [9.17, 15) is 9.90 Å². The van der Waals surface area contributed by atoms with Crippen molar-refractivity contribution in [1.82, 2.24) is 4.98 Å². The van der Waals surface area contributed by atoms with Crippen LogP contribution in [0.2, 0.25) is 0 Å². The molecule has 0 fully saturated rings. The molecule has 0 aliphatic rings. The first-order valence-electron chi connectivity index (χ1n) is 7.99. The molecule has 2 atom stereocenters. The zero-order valence-corrected chi connectivity index (χ0v) is 14.6. The molecule has 3 nitrogen and oxygen atoms in total. The summed E-state index contributed by atoms with van der Waals surface area (Å²) < 4.78 is 0. The molecule has 0 unspecified atom stereocenters. The van der Waals surface area contributed by atoms with Crippen molar-refractivity contribution in [2.24, 2.45) is 5.92 Å². The van der Waals surface area contributed by atoms with Gasteiger partial charge in [0.1, 0.15) is 5.78 Å². The van der Waals surface area contributed by atoms with Crippen LogP contribution in [-0.2, 0) is 4.79 Å². The molecule has 1 N–H and O–H groups in total. The largest absolute Gasteiger partial charge is 0.389 e. The first-order valence-corrected chi connectivity index (χ1v) is 8.87. The Labute approximate surface area is 137 Å². The van der Waals surface area contributed by atoms with Gasteiger partial charge in [0, 0.05) is 17.7 Å². The number of aliphatic hydroxyl groups is 1. The summed E-state index contributed by atoms with van der Waals surface area (Å²) in [7, 11) is 0. The average molecular weight is 321 g/mol. The van der Waals surface area contributed by atoms with E-state index in [0.717, 1.165) is 30.0 Å². The molecule has 1 aromatic rings. The second-order valence-electron chi connectivity index (χ2n) is 5.58. The minimum absolute atomic E-state index is 0.175. The molecule has 0 saturated heterocycles. The lowest BCUT2D eigenvalue weighted by Crippen LogP contribution is -2.08. The lowest BCUT2D eigenvalue weighted by Gasteiger charge is -2.07. The third kappa shape index (κ3) is 7.66. The van der Waals surface area contributed by atoms with Crippen molar-refractivity contribution in [3.05, 3.63) is 34.3 Å². The van der Waals surface area contributed by atoms with Crippen molar-refractivity contribution in [2.75, 3.05) is 0 Å². The summed E-state index contributed by atoms with van der Waals surface area (Å²) in [5, 5.41) is 12.9. The third-order valence-corrected chi connectivity index (χ3v) is 4.37. The quantitative estimate of drug-likeness (QED) is 0.508. The summed E-state index contributed by atoms with van der Waals surface area (Å²) in [6, 6.07) is 0. The Hall–Kier alpha value is -1.26. The number of Topliss-reactive ketones (excluding diaryl/α,β-unsaturated/α-hetero) is 1. The molecule has 0 radical (unpaired) electrons. The van der Waals surface area contributed by atoms with E-state index in [-0.39, 0.29) is 5.92 Å². The second kappa shape index (κ2) is 10.5. The van der Waals surface area contributed by atoms with Crippen LogP contribution in [0.5, 0.6) is 0 Å². The maximum absolute atomic E-state index is 11.4. The van der Waals surface area contributed by atoms with E-state index < -0.39 is 6.10 Å². The minimum atomic E-state index is -0.473. The van der Waals surface area contributed by atoms with E-state index in [4.69, 9.17) is 0 Å². The van der Waals surface area contributed by atoms with Gasteiger partial charge in [-0.15, -0.1) is 11.3 Å². The van der Waals surface area contributed by atoms with Crippen molar-refractivity contribution in [3.63, 3.8) is 0 Å². The predicted molar refractivity (Wildman–Crippen MR) is 94.0 cm³/mol. The Kier molecular flexibility index (Phi) is 8.94. The molecule has 0 aromatic carbocycles. The van der Waals surface area contributed by atoms with Crippen molar-refractivity contribution in [2.45, 2.75) is 59.0 Å². The fourth-order valence-electron chi connectivity index (χ4n) is 2.15. The van der Waals surface area contributed by atoms with Crippen LogP contribution in [0.4, 0.5) is 0 Å². The molecule has 1 heterocycles. The monoisotopic (exact) mass is 321 g/mol. The highest BCUT2D eigenvalue weighted by atomic mass is 32.1. The van der Waals surface area contributed by atoms with E-state index in [1.807, 2.05) is 38.3 Å². The lowest BCUT2D eigenvalue weighted by molar-refractivity contribution is -0.122. The van der Waals surface area contributed by atoms with Gasteiger partial charge >= 0.3 is 0 Å². The first-order chi connectivity index (χ1) is 10.5. The number of ketones is 1. The fraction of sp³-hybridized carbons (Fsp3) is 0.556. The number of rotatable bonds is 10. The zero-order chi connectivity index (χ0) is 16.4. The Bertz CT molecular complexity index is 505. The van der Waals surface area contributed by atoms with E-state index in [1.54, 1.807) is 17.4 Å². The van der Waals surface area contributed by atoms with Crippen LogP contribution < -0.4 is 0 Å². The molecule has 0 aliphatic carbocycles. The molecule has 122 valence electrons. The molecule has 0 spiro atoms. The summed E-state index contributed by atoms with van der Waals surface area (Å²) in [5.41, 5.74) is 0.903. The number of aryl methyl sites for hydroxylation is 1. The Morgan fingerprint density at radius 1 is 1.45 bits per heavy atom. The van der Waals surface area contributed by atoms with Crippen LogP contribution in [0.1, 0.15) is 56.7 Å². The second-order valence-corrected chi connectivity index (χ2v) is 6.64. The van der Waals surface area contributed by atoms with Gasteiger partial charge in [0.2, 0.25) is 0 Å². The fourth-order valence-corrected chi connectivity index (χ4v) is 2.73. The van der Waals surface area contributed by atoms with Crippen LogP contribution in [-0.4, -0.2) is 22.0 Å². The number of aromatic nitrogens is 1. The molecule has 22 heavy (non-hydrogen) atoms. The number of unbranched alkanes of at least 4 members (excludes halogenated alkanes) is 1. The smallest absolute Gasteiger partial charge is 0.135 e. The maximum atomic E-state index is 11.4. The number of hydrogen-bond acceptors (Lipinski definition) is 4. The molecule has 0 aliphatic heterocycles. The van der Waals surface area contributed by atoms with Gasteiger partial charge in [0.05, 0.1) is 16.8 Å². The van der Waals surface area contributed by atoms with Gasteiger partial charge in [-0.3, -0.25) is 4.79 Å². The standard InChI is InChI=1S/C18H27NO2S/c1-4-18(21)14(2)9-7-5-6-8-10-17(20)12-11-16-13-22-15(3)19-16/h6,8,11-14,17,20H,4-5,7,9-10H2,1-3H3/b8-6-,12-11+/t14-,17-/m0/s1. The summed E-state index contributed by atoms with van der Waals surface area (Å²) in [6.07, 6.45) is 11.4. The maximum Gasteiger partial charge on any atom is 0.135 e. The van der Waals surface area contributed by atoms with E-state index in [2.05, 4.69) is 11.1 Å². The Morgan fingerprint density at radius 2 is 2.23 bits per heavy atom. The van der Waals surface area contributed by atoms with Gasteiger partial charge in [0.15, 0.2) is 0 Å². The summed E-state index contributed by atoms with van der Waals surface area (Å²) in [6.45, 7) is 5.89. The van der Waals surface area contributed by atoms with Gasteiger partial charge in [-0.1, -0.05) is 32.1 Å². The number of hydrogen-bond donors (Lipinski definition) is 1. The van der Waals surface area contributed by atoms with Crippen LogP contribution >= 0.6 is 11.3 Å². The molecule has 0 amide bonds. The van der Waals surface area contributed by atoms with E-state index in [1.165, 1.54) is 0 Å². The number of carbonyl (C=O) groups excluding carboxylic acids is 1. The number of thiazole rings is 1. The third-order valence-electron chi connectivity index (χ3n) is 3.58. The van der Waals surface area contributed by atoms with Gasteiger partial charge in [-0.2, -0.15) is 0 Å². The Morgan fingerprint density at radius 3 is 2.86 bits per heavy atom. The number of aliphatic hydroxyl groups excluding tert-OH is 1. The number of nitrogens with zero attached hydrogens (tertiary/aromatic N) is 1. The Balaban J connectivity index is 2.17. The van der Waals surface area contributed by atoms with Crippen LogP contribution in [0, 0.1) is 12.8 Å². The molecule has 0 saturated carbocycles. The highest BCUT2D eigenvalue weighted by Crippen LogP contribution is 2.12. The van der Waals surface area contributed by atoms with Crippen molar-refractivity contribution >= 4 is 23.2 Å². The first kappa shape index (κ1) is 18.8. The molecular weight excluding hydrogens is 294 g/mol. The van der Waals surface area contributed by atoms with Crippen LogP contribution in [0.15, 0.2) is 23.6 Å². The van der Waals surface area contributed by atoms with E-state index in [0.29, 0.717) is 18.6 Å². The van der Waals surface area contributed by atoms with Crippen molar-refractivity contribution in [3.8, 4) is 0 Å². The predicted octanol–water partition coefficient (Wildman–Crippen LogP) is 4.56. The van der Waals surface area contributed by atoms with Crippen LogP contribution in [0.25, 0.3) is 6.08 Å². The van der Waals surface area contributed by atoms with Gasteiger partial charge in [0.25, 0.3) is 0 Å². The topological polar surface area (TPSA) is 50.2 Å². The van der Waals surface area contributed by atoms with Gasteiger partial charge in [-0.05, 0) is 38.7 Å². The van der Waals surface area contributed by atoms with Crippen molar-refractivity contribution < 1.29 is 9.90 Å². The van der Waals surface area contributed by atoms with Crippen molar-refractivity contribution in [1.29, 1.82) is 0 Å². The zero-order valence-electron chi connectivity index (χ0n) is 13.8. The lowest BCUT2D eigenvalue weighted by atomic mass is 9.98. The normalized spacial score (nSPS) is 14.7. The highest BCUT2D eigenvalue weighted by Gasteiger charge is 2.08. The molecule has 0 bridgehead atoms.